The zero-order valence-electron chi connectivity index (χ0n) is 19.5. The van der Waals surface area contributed by atoms with Crippen molar-refractivity contribution in [3.63, 3.8) is 0 Å². The highest BCUT2D eigenvalue weighted by Gasteiger charge is 2.71. The maximum absolute atomic E-state index is 14.4. The minimum atomic E-state index is -1.57. The molecule has 4 aromatic rings. The molecule has 180 valence electrons. The molecule has 0 saturated carbocycles. The molecule has 1 saturated heterocycles. The second-order valence-corrected chi connectivity index (χ2v) is 10.6. The highest BCUT2D eigenvalue weighted by Crippen LogP contribution is 2.61. The van der Waals surface area contributed by atoms with Gasteiger partial charge in [-0.1, -0.05) is 72.8 Å². The van der Waals surface area contributed by atoms with Gasteiger partial charge in [0.1, 0.15) is 17.3 Å². The Hall–Kier alpha value is -4.16. The second-order valence-electron chi connectivity index (χ2n) is 9.66. The number of thiophene rings is 1. The van der Waals surface area contributed by atoms with Crippen molar-refractivity contribution in [2.45, 2.75) is 18.0 Å². The molecule has 0 bridgehead atoms. The number of carbonyl (C=O) groups is 3. The zero-order chi connectivity index (χ0) is 25.3. The van der Waals surface area contributed by atoms with Gasteiger partial charge in [-0.25, -0.2) is 4.39 Å². The Balaban J connectivity index is 1.56. The SMILES string of the molecule is O=C(c1cccs1)[C@H]1[C@H](c2ccc(F)cc2)C2(C(=O)c3ccccc3C2=O)[C@H]2C=Cc3ccccc3N12. The maximum atomic E-state index is 14.4. The minimum Gasteiger partial charge on any atom is -0.352 e. The van der Waals surface area contributed by atoms with Gasteiger partial charge in [-0.2, -0.15) is 0 Å². The highest BCUT2D eigenvalue weighted by atomic mass is 32.1. The summed E-state index contributed by atoms with van der Waals surface area (Å²) < 4.78 is 14.1. The van der Waals surface area contributed by atoms with Crippen LogP contribution in [0, 0.1) is 11.2 Å². The summed E-state index contributed by atoms with van der Waals surface area (Å²) in [7, 11) is 0. The largest absolute Gasteiger partial charge is 0.352 e. The smallest absolute Gasteiger partial charge is 0.195 e. The summed E-state index contributed by atoms with van der Waals surface area (Å²) in [6.45, 7) is 0. The molecule has 0 radical (unpaired) electrons. The van der Waals surface area contributed by atoms with Crippen LogP contribution in [0.25, 0.3) is 6.08 Å². The van der Waals surface area contributed by atoms with E-state index in [2.05, 4.69) is 0 Å². The molecule has 37 heavy (non-hydrogen) atoms. The van der Waals surface area contributed by atoms with Crippen LogP contribution in [0.5, 0.6) is 0 Å². The predicted molar refractivity (Wildman–Crippen MR) is 141 cm³/mol. The molecule has 3 atom stereocenters. The molecule has 6 heteroatoms. The topological polar surface area (TPSA) is 54.5 Å². The first-order chi connectivity index (χ1) is 18.0. The molecule has 1 spiro atoms. The van der Waals surface area contributed by atoms with Crippen LogP contribution in [-0.4, -0.2) is 29.4 Å². The molecular weight excluding hydrogens is 485 g/mol. The molecule has 7 rings (SSSR count). The molecule has 3 aliphatic rings. The lowest BCUT2D eigenvalue weighted by molar-refractivity contribution is 0.0666. The van der Waals surface area contributed by atoms with E-state index in [0.29, 0.717) is 21.6 Å². The molecule has 4 nitrogen and oxygen atoms in total. The summed E-state index contributed by atoms with van der Waals surface area (Å²) in [5.74, 6) is -1.98. The molecule has 1 aliphatic carbocycles. The van der Waals surface area contributed by atoms with Gasteiger partial charge >= 0.3 is 0 Å². The number of benzene rings is 3. The molecule has 0 N–H and O–H groups in total. The molecule has 1 fully saturated rings. The highest BCUT2D eigenvalue weighted by molar-refractivity contribution is 7.12. The third-order valence-electron chi connectivity index (χ3n) is 7.97. The first-order valence-corrected chi connectivity index (χ1v) is 13.0. The lowest BCUT2D eigenvalue weighted by Gasteiger charge is -2.37. The van der Waals surface area contributed by atoms with Gasteiger partial charge in [0.2, 0.25) is 0 Å². The number of para-hydroxylation sites is 1. The van der Waals surface area contributed by atoms with Gasteiger partial charge < -0.3 is 4.90 Å². The van der Waals surface area contributed by atoms with E-state index in [1.807, 2.05) is 52.8 Å². The third-order valence-corrected chi connectivity index (χ3v) is 8.86. The van der Waals surface area contributed by atoms with Crippen LogP contribution < -0.4 is 4.90 Å². The zero-order valence-corrected chi connectivity index (χ0v) is 20.3. The predicted octanol–water partition coefficient (Wildman–Crippen LogP) is 6.20. The average Bonchev–Trinajstić information content (AvgIpc) is 3.63. The fourth-order valence-corrected chi connectivity index (χ4v) is 7.22. The Kier molecular flexibility index (Phi) is 4.72. The molecule has 0 amide bonds. The van der Waals surface area contributed by atoms with Crippen molar-refractivity contribution >= 4 is 40.4 Å². The number of fused-ring (bicyclic) bond motifs is 5. The standard InChI is InChI=1S/C31H20FNO3S/c32-20-14-11-19(12-15-20)26-27(28(34)24-10-5-17-37-24)33-23-9-4-1-6-18(23)13-16-25(33)31(26)29(35)21-7-2-3-8-22(21)30(31)36/h1-17,25-27H/t25-,26+,27-/m1/s1. The minimum absolute atomic E-state index is 0.159. The first kappa shape index (κ1) is 22.1. The Bertz CT molecular complexity index is 1590. The molecule has 0 unspecified atom stereocenters. The van der Waals surface area contributed by atoms with Crippen molar-refractivity contribution in [1.82, 2.24) is 0 Å². The van der Waals surface area contributed by atoms with E-state index in [4.69, 9.17) is 0 Å². The quantitative estimate of drug-likeness (QED) is 0.246. The number of anilines is 1. The average molecular weight is 506 g/mol. The van der Waals surface area contributed by atoms with Crippen molar-refractivity contribution in [3.05, 3.63) is 129 Å². The molecule has 1 aromatic heterocycles. The summed E-state index contributed by atoms with van der Waals surface area (Å²) in [6.07, 6.45) is 3.82. The Morgan fingerprint density at radius 3 is 2.19 bits per heavy atom. The lowest BCUT2D eigenvalue weighted by atomic mass is 9.64. The van der Waals surface area contributed by atoms with Crippen LogP contribution in [0.2, 0.25) is 0 Å². The number of Topliss-reactive ketones (excluding diaryl/α,β-unsaturated/α-hetero) is 3. The molecule has 3 heterocycles. The number of halogens is 1. The summed E-state index contributed by atoms with van der Waals surface area (Å²) in [5.41, 5.74) is 1.47. The van der Waals surface area contributed by atoms with E-state index >= 15 is 0 Å². The molecule has 3 aromatic carbocycles. The van der Waals surface area contributed by atoms with Crippen LogP contribution in [0.3, 0.4) is 0 Å². The Morgan fingerprint density at radius 1 is 0.838 bits per heavy atom. The van der Waals surface area contributed by atoms with Crippen LogP contribution in [-0.2, 0) is 0 Å². The van der Waals surface area contributed by atoms with Gasteiger partial charge in [0.25, 0.3) is 0 Å². The number of ketones is 3. The van der Waals surface area contributed by atoms with Gasteiger partial charge in [0.15, 0.2) is 17.3 Å². The maximum Gasteiger partial charge on any atom is 0.195 e. The fraction of sp³-hybridized carbons (Fsp3) is 0.129. The van der Waals surface area contributed by atoms with Gasteiger partial charge in [-0.3, -0.25) is 14.4 Å². The van der Waals surface area contributed by atoms with Crippen molar-refractivity contribution in [1.29, 1.82) is 0 Å². The van der Waals surface area contributed by atoms with Crippen molar-refractivity contribution in [2.24, 2.45) is 5.41 Å². The monoisotopic (exact) mass is 505 g/mol. The van der Waals surface area contributed by atoms with Crippen molar-refractivity contribution < 1.29 is 18.8 Å². The van der Waals surface area contributed by atoms with Crippen molar-refractivity contribution in [2.75, 3.05) is 4.90 Å². The number of nitrogens with zero attached hydrogens (tertiary/aromatic N) is 1. The van der Waals surface area contributed by atoms with Crippen LogP contribution in [0.15, 0.2) is 96.4 Å². The molecular formula is C31H20FNO3S. The Labute approximate surface area is 216 Å². The lowest BCUT2D eigenvalue weighted by Crippen LogP contribution is -2.48. The van der Waals surface area contributed by atoms with Crippen LogP contribution in [0.4, 0.5) is 10.1 Å². The van der Waals surface area contributed by atoms with E-state index < -0.39 is 29.2 Å². The third kappa shape index (κ3) is 2.84. The van der Waals surface area contributed by atoms with Crippen LogP contribution >= 0.6 is 11.3 Å². The summed E-state index contributed by atoms with van der Waals surface area (Å²) >= 11 is 1.33. The number of rotatable bonds is 3. The van der Waals surface area contributed by atoms with E-state index in [9.17, 15) is 18.8 Å². The van der Waals surface area contributed by atoms with Gasteiger partial charge in [-0.15, -0.1) is 11.3 Å². The normalized spacial score (nSPS) is 22.7. The second kappa shape index (κ2) is 7.92. The number of hydrogen-bond acceptors (Lipinski definition) is 5. The number of hydrogen-bond donors (Lipinski definition) is 0. The van der Waals surface area contributed by atoms with E-state index in [0.717, 1.165) is 11.3 Å². The van der Waals surface area contributed by atoms with Gasteiger partial charge in [-0.05, 0) is 40.8 Å². The Morgan fingerprint density at radius 2 is 1.51 bits per heavy atom. The fourth-order valence-electron chi connectivity index (χ4n) is 6.53. The van der Waals surface area contributed by atoms with E-state index in [1.165, 1.54) is 23.5 Å². The van der Waals surface area contributed by atoms with Crippen LogP contribution in [0.1, 0.15) is 47.4 Å². The summed E-state index contributed by atoms with van der Waals surface area (Å²) in [5, 5.41) is 1.84. The first-order valence-electron chi connectivity index (χ1n) is 12.1. The van der Waals surface area contributed by atoms with Gasteiger partial charge in [0, 0.05) is 22.7 Å². The van der Waals surface area contributed by atoms with E-state index in [1.54, 1.807) is 42.5 Å². The van der Waals surface area contributed by atoms with Crippen molar-refractivity contribution in [3.8, 4) is 0 Å². The summed E-state index contributed by atoms with van der Waals surface area (Å²) in [4.78, 5) is 45.7. The summed E-state index contributed by atoms with van der Waals surface area (Å²) in [6, 6.07) is 22.5. The molecule has 2 aliphatic heterocycles. The number of carbonyl (C=O) groups excluding carboxylic acids is 3. The van der Waals surface area contributed by atoms with Gasteiger partial charge in [0.05, 0.1) is 10.9 Å². The van der Waals surface area contributed by atoms with E-state index in [-0.39, 0.29) is 17.3 Å².